The number of esters is 2. The Bertz CT molecular complexity index is 7020. The molecule has 6 N–H and O–H groups in total. The standard InChI is InChI=1S/C23H4.C22H2.C21H4.C6H5ClF2N2O2.C6H6F2N2O2.C5H3ClF2N2O2.C5H4F2N2O2.C4H4ClNO2.CH4O.Li.H2O4S.H2O/c1-3-5-7-9-11-13-15-17-19-21-23-22-20-18-16-14-12-10-8-6-4-2;1-3-5-7-9-11-13-15-17-19-21-22-20-18-16-14-12-10-8-6-4-2;1-3-5-7-9-11-13-15-17-19-21-20-18-16-14-12-10-8-6-4-2;1-13-5(12)4-3(7)2-11(10-4)6(8)9;1-12-5(11)4-2-3-10(9-4)6(7)8;6-2-1-10(5(7)8)9-3(2)4(11)12;6-5(7)9-2-1-3(8-9)4(10)11;5-6-3(7)1-2-4(6)8;1-2;;1-5(2,3)4;/h1H,2H3;1-2H;1H,2H3;2,6H,1H3;2-3,6H,1H3;1,5H,(H,11,12);1-2,5H,(H,10,11);1-2H2;2H,1H3;;(H2,1,2,3,4);1H2/q;;;;;;;;;+1;;/p-1. The number of terminal acetylenes is 4. The summed E-state index contributed by atoms with van der Waals surface area (Å²) < 4.78 is 137. The molecule has 38 heteroatoms. The minimum atomic E-state index is -4.67. The van der Waals surface area contributed by atoms with Crippen LogP contribution in [0.4, 0.5) is 35.1 Å². The molecule has 0 aliphatic carbocycles. The van der Waals surface area contributed by atoms with Gasteiger partial charge in [-0.3, -0.25) is 18.7 Å². The fourth-order valence-corrected chi connectivity index (χ4v) is 5.46. The molecule has 0 aromatic carbocycles. The molecule has 0 bridgehead atoms. The Hall–Kier alpha value is -19.5. The molecular weight excluding hydrogens is 1800 g/mol. The number of hydrogen-bond donors (Lipinski definition) is 5. The van der Waals surface area contributed by atoms with Crippen molar-refractivity contribution in [3.63, 3.8) is 0 Å². The van der Waals surface area contributed by atoms with Gasteiger partial charge in [-0.1, -0.05) is 35.0 Å². The average Bonchev–Trinajstić information content (AvgIpc) is 1.70. The molecule has 5 heterocycles. The number of aliphatic hydroxyl groups excluding tert-OH is 1. The zero-order valence-electron chi connectivity index (χ0n) is 66.9. The molecule has 0 unspecified atom stereocenters. The fraction of sp³-hybridized carbons (Fsp3) is 0.118. The van der Waals surface area contributed by atoms with Gasteiger partial charge in [-0.25, -0.2) is 37.9 Å². The first-order chi connectivity index (χ1) is 61.8. The number of aromatic nitrogens is 8. The third-order valence-corrected chi connectivity index (χ3v) is 10.2. The van der Waals surface area contributed by atoms with Crippen molar-refractivity contribution in [1.82, 2.24) is 43.5 Å². The van der Waals surface area contributed by atoms with Crippen molar-refractivity contribution in [3.05, 3.63) is 69.7 Å². The fourth-order valence-electron chi connectivity index (χ4n) is 4.86. The Morgan fingerprint density at radius 1 is 0.374 bits per heavy atom. The molecule has 636 valence electrons. The van der Waals surface area contributed by atoms with E-state index < -0.39 is 66.2 Å². The summed E-state index contributed by atoms with van der Waals surface area (Å²) in [4.78, 5) is 62.6. The van der Waals surface area contributed by atoms with Gasteiger partial charge in [-0.2, -0.15) is 68.4 Å². The molecular formula is C93H39Cl3F8LiN9O16S. The monoisotopic (exact) mass is 1830 g/mol. The van der Waals surface area contributed by atoms with Gasteiger partial charge in [0.1, 0.15) is 0 Å². The van der Waals surface area contributed by atoms with Crippen molar-refractivity contribution < 1.29 is 131 Å². The Kier molecular flexibility index (Phi) is 82.6. The summed E-state index contributed by atoms with van der Waals surface area (Å²) >= 11 is 15.9. The number of carboxylic acids is 2. The molecule has 1 saturated heterocycles. The molecule has 0 saturated carbocycles. The van der Waals surface area contributed by atoms with Crippen LogP contribution < -0.4 is 18.9 Å². The van der Waals surface area contributed by atoms with Crippen LogP contribution in [0, 0.1) is 381 Å². The number of amides is 2. The van der Waals surface area contributed by atoms with Crippen molar-refractivity contribution in [2.45, 2.75) is 52.9 Å². The SMILES string of the molecule is C#CC#CC#CC#CC#CC#CC#CC#CC#CC#CC.C#CC#CC#CC#CC#CC#CC#CC#CC#CC#CC#C.C#CC#CC#CC#CC#CC#CC#CC#CC#CC#CC#CC.CO.COC(=O)c1ccn(C(F)F)n1.COC(=O)c1nn(C(F)F)cc1Cl.O=C(O)c1ccn(C(F)F)n1.O=C(O)c1nn(C(F)F)cc1Cl.O=C1CCC(=O)N1Cl.O=S(=O)(O)O.[Li+].[OH-]. The molecule has 1 aliphatic heterocycles. The third-order valence-electron chi connectivity index (χ3n) is 9.30. The molecule has 2 amide bonds. The first-order valence-corrected chi connectivity index (χ1v) is 34.0. The average molecular weight is 1840 g/mol. The van der Waals surface area contributed by atoms with E-state index in [2.05, 4.69) is 385 Å². The molecule has 0 radical (unpaired) electrons. The van der Waals surface area contributed by atoms with Crippen LogP contribution in [0.1, 0.15) is 94.8 Å². The number of carbonyl (C=O) groups excluding carboxylic acids is 4. The predicted molar refractivity (Wildman–Crippen MR) is 456 cm³/mol. The molecule has 1 fully saturated rings. The smallest absolute Gasteiger partial charge is 0.870 e. The Morgan fingerprint density at radius 2 is 0.573 bits per heavy atom. The van der Waals surface area contributed by atoms with Gasteiger partial charge in [-0.15, -0.1) is 25.7 Å². The van der Waals surface area contributed by atoms with Gasteiger partial charge < -0.3 is 30.3 Å². The van der Waals surface area contributed by atoms with Gasteiger partial charge in [0.2, 0.25) is 11.8 Å². The van der Waals surface area contributed by atoms with E-state index in [9.17, 15) is 63.9 Å². The number of methoxy groups -OCH3 is 2. The van der Waals surface area contributed by atoms with E-state index in [4.69, 9.17) is 93.5 Å². The number of halogens is 11. The molecule has 5 rings (SSSR count). The Morgan fingerprint density at radius 3 is 0.725 bits per heavy atom. The largest absolute Gasteiger partial charge is 1.00 e. The molecule has 1 aliphatic rings. The number of carboxylic acid groups (broad SMARTS) is 2. The van der Waals surface area contributed by atoms with E-state index >= 15 is 0 Å². The number of imide groups is 1. The first kappa shape index (κ1) is 125. The number of carbonyl (C=O) groups is 6. The van der Waals surface area contributed by atoms with Gasteiger partial charge in [0.25, 0.3) is 0 Å². The van der Waals surface area contributed by atoms with E-state index in [-0.39, 0.29) is 90.2 Å². The minimum absolute atomic E-state index is 0. The van der Waals surface area contributed by atoms with E-state index in [1.54, 1.807) is 13.8 Å². The molecule has 4 aromatic rings. The number of alkyl halides is 8. The maximum atomic E-state index is 12.0. The van der Waals surface area contributed by atoms with Crippen LogP contribution in [0.2, 0.25) is 10.0 Å². The van der Waals surface area contributed by atoms with E-state index in [1.165, 1.54) is 0 Å². The second-order valence-electron chi connectivity index (χ2n) is 17.5. The van der Waals surface area contributed by atoms with Crippen molar-refractivity contribution >= 4 is 81.1 Å². The normalized spacial score (nSPS) is 7.49. The van der Waals surface area contributed by atoms with Crippen LogP contribution in [0.15, 0.2) is 36.9 Å². The van der Waals surface area contributed by atoms with Gasteiger partial charge >= 0.3 is 79.3 Å². The molecule has 0 spiro atoms. The zero-order valence-corrected chi connectivity index (χ0v) is 69.9. The van der Waals surface area contributed by atoms with Gasteiger partial charge in [-0.05, 0) is 310 Å². The van der Waals surface area contributed by atoms with Crippen molar-refractivity contribution in [3.8, 4) is 381 Å². The van der Waals surface area contributed by atoms with Gasteiger partial charge in [0, 0.05) is 103 Å². The summed E-state index contributed by atoms with van der Waals surface area (Å²) in [7, 11) is -1.40. The first-order valence-electron chi connectivity index (χ1n) is 31.5. The summed E-state index contributed by atoms with van der Waals surface area (Å²) in [6.07, 6.45) is 23.7. The summed E-state index contributed by atoms with van der Waals surface area (Å²) in [6.45, 7) is -7.83. The van der Waals surface area contributed by atoms with E-state index in [0.717, 1.165) is 58.2 Å². The Balaban J connectivity index is -0.000000269. The summed E-state index contributed by atoms with van der Waals surface area (Å²) in [5.41, 5.74) is -1.40. The maximum absolute atomic E-state index is 12.0. The van der Waals surface area contributed by atoms with Gasteiger partial charge in [0.05, 0.1) is 36.7 Å². The predicted octanol–water partition coefficient (Wildman–Crippen LogP) is 3.09. The van der Waals surface area contributed by atoms with Crippen LogP contribution in [0.25, 0.3) is 0 Å². The number of aromatic carboxylic acids is 2. The number of aliphatic hydroxyl groups is 1. The van der Waals surface area contributed by atoms with Crippen molar-refractivity contribution in [2.24, 2.45) is 0 Å². The van der Waals surface area contributed by atoms with Crippen LogP contribution in [0.5, 0.6) is 0 Å². The second-order valence-corrected chi connectivity index (χ2v) is 19.6. The van der Waals surface area contributed by atoms with Crippen molar-refractivity contribution in [1.29, 1.82) is 0 Å². The Labute approximate surface area is 775 Å². The number of nitrogens with zero attached hydrogens (tertiary/aromatic N) is 9. The minimum Gasteiger partial charge on any atom is -0.870 e. The number of rotatable bonds is 8. The molecule has 0 atom stereocenters. The molecule has 131 heavy (non-hydrogen) atoms. The van der Waals surface area contributed by atoms with Crippen LogP contribution in [-0.4, -0.2) is 139 Å². The molecule has 25 nitrogen and oxygen atoms in total. The summed E-state index contributed by atoms with van der Waals surface area (Å²) in [5.74, 6) is 142. The topological polar surface area (TPSA) is 361 Å². The molecule has 4 aromatic heterocycles. The van der Waals surface area contributed by atoms with E-state index in [0.29, 0.717) is 9.10 Å². The van der Waals surface area contributed by atoms with Crippen LogP contribution in [-0.2, 0) is 29.5 Å². The third kappa shape index (κ3) is 78.8. The van der Waals surface area contributed by atoms with Crippen LogP contribution in [0.3, 0.4) is 0 Å². The van der Waals surface area contributed by atoms with Crippen molar-refractivity contribution in [2.75, 3.05) is 21.3 Å². The number of ether oxygens (including phenoxy) is 2. The number of hydrogen-bond acceptors (Lipinski definition) is 16. The summed E-state index contributed by atoms with van der Waals surface area (Å²) in [5, 5.41) is 35.8. The zero-order chi connectivity index (χ0) is 98.0. The van der Waals surface area contributed by atoms with Crippen LogP contribution >= 0.6 is 35.0 Å². The quantitative estimate of drug-likeness (QED) is 0.0322. The van der Waals surface area contributed by atoms with E-state index in [1.807, 2.05) is 0 Å². The maximum Gasteiger partial charge on any atom is 1.00 e. The summed E-state index contributed by atoms with van der Waals surface area (Å²) in [6, 6.07) is 2.17. The van der Waals surface area contributed by atoms with Gasteiger partial charge in [0.15, 0.2) is 22.8 Å². The second kappa shape index (κ2) is 86.8.